The predicted octanol–water partition coefficient (Wildman–Crippen LogP) is 4.40. The van der Waals surface area contributed by atoms with E-state index in [1.54, 1.807) is 13.0 Å². The summed E-state index contributed by atoms with van der Waals surface area (Å²) in [5, 5.41) is 12.2. The molecular formula is C14H10Cl2FNO2. The zero-order valence-corrected chi connectivity index (χ0v) is 11.9. The van der Waals surface area contributed by atoms with E-state index in [9.17, 15) is 14.3 Å². The molecule has 0 saturated heterocycles. The molecule has 0 radical (unpaired) electrons. The third kappa shape index (κ3) is 3.03. The second-order valence-electron chi connectivity index (χ2n) is 4.22. The number of nitrogens with one attached hydrogen (secondary N) is 1. The van der Waals surface area contributed by atoms with Crippen LogP contribution in [0.15, 0.2) is 30.3 Å². The first kappa shape index (κ1) is 14.6. The summed E-state index contributed by atoms with van der Waals surface area (Å²) in [5.74, 6) is -1.34. The first-order chi connectivity index (χ1) is 9.38. The first-order valence-corrected chi connectivity index (χ1v) is 6.39. The molecule has 1 amide bonds. The van der Waals surface area contributed by atoms with E-state index in [0.29, 0.717) is 0 Å². The smallest absolute Gasteiger partial charge is 0.259 e. The van der Waals surface area contributed by atoms with Gasteiger partial charge in [0.1, 0.15) is 11.6 Å². The fourth-order valence-electron chi connectivity index (χ4n) is 1.68. The zero-order valence-electron chi connectivity index (χ0n) is 10.4. The van der Waals surface area contributed by atoms with Gasteiger partial charge in [-0.15, -0.1) is 0 Å². The van der Waals surface area contributed by atoms with E-state index in [-0.39, 0.29) is 27.0 Å². The number of halogens is 3. The molecule has 104 valence electrons. The Balaban J connectivity index is 2.33. The summed E-state index contributed by atoms with van der Waals surface area (Å²) in [7, 11) is 0. The fraction of sp³-hybridized carbons (Fsp3) is 0.0714. The number of rotatable bonds is 2. The normalized spacial score (nSPS) is 10.4. The Morgan fingerprint density at radius 1 is 1.20 bits per heavy atom. The lowest BCUT2D eigenvalue weighted by molar-refractivity contribution is 0.102. The first-order valence-electron chi connectivity index (χ1n) is 5.64. The van der Waals surface area contributed by atoms with Gasteiger partial charge in [0.15, 0.2) is 0 Å². The number of anilines is 1. The molecule has 2 rings (SSSR count). The Kier molecular flexibility index (Phi) is 4.16. The second-order valence-corrected chi connectivity index (χ2v) is 5.03. The number of benzene rings is 2. The molecule has 0 bridgehead atoms. The molecule has 0 aromatic heterocycles. The molecule has 0 unspecified atom stereocenters. The van der Waals surface area contributed by atoms with Crippen LogP contribution in [0.3, 0.4) is 0 Å². The molecule has 0 saturated carbocycles. The summed E-state index contributed by atoms with van der Waals surface area (Å²) >= 11 is 11.7. The van der Waals surface area contributed by atoms with Crippen LogP contribution in [0, 0.1) is 12.7 Å². The van der Waals surface area contributed by atoms with E-state index in [2.05, 4.69) is 5.32 Å². The van der Waals surface area contributed by atoms with Crippen molar-refractivity contribution in [3.63, 3.8) is 0 Å². The average molecular weight is 314 g/mol. The van der Waals surface area contributed by atoms with Gasteiger partial charge >= 0.3 is 0 Å². The van der Waals surface area contributed by atoms with Crippen molar-refractivity contribution in [3.8, 4) is 5.75 Å². The summed E-state index contributed by atoms with van der Waals surface area (Å²) in [6, 6.07) is 6.70. The van der Waals surface area contributed by atoms with E-state index in [1.807, 2.05) is 0 Å². The SMILES string of the molecule is Cc1ccc(C(=O)Nc2c(Cl)cc(F)cc2Cl)c(O)c1. The van der Waals surface area contributed by atoms with Crippen molar-refractivity contribution in [2.75, 3.05) is 5.32 Å². The number of hydrogen-bond donors (Lipinski definition) is 2. The number of phenolic OH excluding ortho intramolecular Hbond substituents is 1. The summed E-state index contributed by atoms with van der Waals surface area (Å²) in [6.45, 7) is 1.79. The molecule has 2 aromatic rings. The van der Waals surface area contributed by atoms with Crippen molar-refractivity contribution in [2.24, 2.45) is 0 Å². The van der Waals surface area contributed by atoms with Gasteiger partial charge in [-0.3, -0.25) is 4.79 Å². The van der Waals surface area contributed by atoms with Crippen LogP contribution in [0.1, 0.15) is 15.9 Å². The Hall–Kier alpha value is -1.78. The maximum absolute atomic E-state index is 13.1. The molecule has 2 aromatic carbocycles. The van der Waals surface area contributed by atoms with Crippen molar-refractivity contribution in [2.45, 2.75) is 6.92 Å². The van der Waals surface area contributed by atoms with Crippen molar-refractivity contribution in [3.05, 3.63) is 57.3 Å². The van der Waals surface area contributed by atoms with Crippen molar-refractivity contribution < 1.29 is 14.3 Å². The van der Waals surface area contributed by atoms with Gasteiger partial charge in [-0.05, 0) is 36.8 Å². The zero-order chi connectivity index (χ0) is 14.9. The van der Waals surface area contributed by atoms with Gasteiger partial charge in [-0.25, -0.2) is 4.39 Å². The van der Waals surface area contributed by atoms with E-state index in [4.69, 9.17) is 23.2 Å². The Morgan fingerprint density at radius 2 is 1.80 bits per heavy atom. The highest BCUT2D eigenvalue weighted by atomic mass is 35.5. The number of amides is 1. The number of carbonyl (C=O) groups is 1. The molecule has 0 atom stereocenters. The number of aryl methyl sites for hydroxylation is 1. The molecular weight excluding hydrogens is 304 g/mol. The van der Waals surface area contributed by atoms with E-state index >= 15 is 0 Å². The molecule has 6 heteroatoms. The standard InChI is InChI=1S/C14H10Cl2FNO2/c1-7-2-3-9(12(19)4-7)14(20)18-13-10(15)5-8(17)6-11(13)16/h2-6,19H,1H3,(H,18,20). The Bertz CT molecular complexity index is 666. The number of phenols is 1. The number of aromatic hydroxyl groups is 1. The number of hydrogen-bond acceptors (Lipinski definition) is 2. The van der Waals surface area contributed by atoms with Crippen LogP contribution < -0.4 is 5.32 Å². The van der Waals surface area contributed by atoms with Crippen LogP contribution in [0.2, 0.25) is 10.0 Å². The minimum Gasteiger partial charge on any atom is -0.507 e. The van der Waals surface area contributed by atoms with Crippen LogP contribution in [0.4, 0.5) is 10.1 Å². The third-order valence-corrected chi connectivity index (χ3v) is 3.24. The monoisotopic (exact) mass is 313 g/mol. The van der Waals surface area contributed by atoms with Crippen LogP contribution in [0.5, 0.6) is 5.75 Å². The van der Waals surface area contributed by atoms with Crippen molar-refractivity contribution in [1.82, 2.24) is 0 Å². The maximum atomic E-state index is 13.1. The largest absolute Gasteiger partial charge is 0.507 e. The van der Waals surface area contributed by atoms with Crippen molar-refractivity contribution >= 4 is 34.8 Å². The Morgan fingerprint density at radius 3 is 2.35 bits per heavy atom. The van der Waals surface area contributed by atoms with Gasteiger partial charge in [0.25, 0.3) is 5.91 Å². The van der Waals surface area contributed by atoms with Crippen LogP contribution in [0.25, 0.3) is 0 Å². The van der Waals surface area contributed by atoms with Gasteiger partial charge in [-0.1, -0.05) is 29.3 Å². The summed E-state index contributed by atoms with van der Waals surface area (Å²) in [5.41, 5.74) is 0.990. The summed E-state index contributed by atoms with van der Waals surface area (Å²) in [4.78, 5) is 12.1. The Labute approximate surface area is 124 Å². The minimum absolute atomic E-state index is 0.0186. The molecule has 0 aliphatic heterocycles. The molecule has 3 nitrogen and oxygen atoms in total. The van der Waals surface area contributed by atoms with Gasteiger partial charge in [0.2, 0.25) is 0 Å². The molecule has 0 heterocycles. The molecule has 0 fully saturated rings. The molecule has 0 aliphatic carbocycles. The minimum atomic E-state index is -0.601. The van der Waals surface area contributed by atoms with E-state index in [1.165, 1.54) is 12.1 Å². The lowest BCUT2D eigenvalue weighted by Crippen LogP contribution is -2.13. The topological polar surface area (TPSA) is 49.3 Å². The lowest BCUT2D eigenvalue weighted by atomic mass is 10.1. The van der Waals surface area contributed by atoms with Gasteiger partial charge in [0, 0.05) is 0 Å². The molecule has 0 spiro atoms. The maximum Gasteiger partial charge on any atom is 0.259 e. The number of carbonyl (C=O) groups excluding carboxylic acids is 1. The van der Waals surface area contributed by atoms with Crippen LogP contribution >= 0.6 is 23.2 Å². The average Bonchev–Trinajstić information content (AvgIpc) is 2.33. The van der Waals surface area contributed by atoms with Crippen molar-refractivity contribution in [1.29, 1.82) is 0 Å². The lowest BCUT2D eigenvalue weighted by Gasteiger charge is -2.10. The molecule has 0 aliphatic rings. The third-order valence-electron chi connectivity index (χ3n) is 2.64. The molecule has 20 heavy (non-hydrogen) atoms. The van der Waals surface area contributed by atoms with Crippen LogP contribution in [-0.2, 0) is 0 Å². The van der Waals surface area contributed by atoms with Crippen LogP contribution in [-0.4, -0.2) is 11.0 Å². The van der Waals surface area contributed by atoms with Gasteiger partial charge < -0.3 is 10.4 Å². The predicted molar refractivity (Wildman–Crippen MR) is 77.2 cm³/mol. The summed E-state index contributed by atoms with van der Waals surface area (Å²) in [6.07, 6.45) is 0. The highest BCUT2D eigenvalue weighted by molar-refractivity contribution is 6.40. The van der Waals surface area contributed by atoms with Gasteiger partial charge in [0.05, 0.1) is 21.3 Å². The van der Waals surface area contributed by atoms with Gasteiger partial charge in [-0.2, -0.15) is 0 Å². The van der Waals surface area contributed by atoms with E-state index in [0.717, 1.165) is 17.7 Å². The second kappa shape index (κ2) is 5.69. The van der Waals surface area contributed by atoms with E-state index < -0.39 is 11.7 Å². The highest BCUT2D eigenvalue weighted by Crippen LogP contribution is 2.32. The summed E-state index contributed by atoms with van der Waals surface area (Å²) < 4.78 is 13.1. The fourth-order valence-corrected chi connectivity index (χ4v) is 2.23. The molecule has 2 N–H and O–H groups in total. The quantitative estimate of drug-likeness (QED) is 0.863. The highest BCUT2D eigenvalue weighted by Gasteiger charge is 2.15.